The van der Waals surface area contributed by atoms with Gasteiger partial charge in [-0.2, -0.15) is 18.3 Å². The van der Waals surface area contributed by atoms with Crippen molar-refractivity contribution in [3.63, 3.8) is 0 Å². The average molecular weight is 337 g/mol. The van der Waals surface area contributed by atoms with Gasteiger partial charge in [0.2, 0.25) is 0 Å². The molecule has 126 valence electrons. The number of rotatable bonds is 3. The Bertz CT molecular complexity index is 758. The van der Waals surface area contributed by atoms with E-state index in [0.717, 1.165) is 17.8 Å². The minimum absolute atomic E-state index is 0.222. The lowest BCUT2D eigenvalue weighted by atomic mass is 10.1. The number of halogens is 3. The van der Waals surface area contributed by atoms with Crippen LogP contribution in [0, 0.1) is 0 Å². The summed E-state index contributed by atoms with van der Waals surface area (Å²) < 4.78 is 48.4. The predicted octanol–water partition coefficient (Wildman–Crippen LogP) is 3.71. The van der Waals surface area contributed by atoms with E-state index in [2.05, 4.69) is 15.5 Å². The van der Waals surface area contributed by atoms with E-state index < -0.39 is 11.7 Å². The Labute approximate surface area is 136 Å². The van der Waals surface area contributed by atoms with Crippen molar-refractivity contribution in [1.29, 1.82) is 0 Å². The minimum Gasteiger partial charge on any atom is -0.486 e. The summed E-state index contributed by atoms with van der Waals surface area (Å²) in [6.07, 6.45) is -3.65. The van der Waals surface area contributed by atoms with Crippen molar-refractivity contribution in [3.05, 3.63) is 47.7 Å². The van der Waals surface area contributed by atoms with Gasteiger partial charge in [-0.05, 0) is 37.3 Å². The largest absolute Gasteiger partial charge is 0.486 e. The first-order valence-corrected chi connectivity index (χ1v) is 7.17. The van der Waals surface area contributed by atoms with Gasteiger partial charge in [0.15, 0.2) is 11.5 Å². The maximum Gasteiger partial charge on any atom is 0.417 e. The zero-order chi connectivity index (χ0) is 17.2. The van der Waals surface area contributed by atoms with Crippen molar-refractivity contribution < 1.29 is 22.6 Å². The Morgan fingerprint density at radius 2 is 1.88 bits per heavy atom. The highest BCUT2D eigenvalue weighted by Crippen LogP contribution is 2.31. The summed E-state index contributed by atoms with van der Waals surface area (Å²) in [5.41, 5.74) is 3.27. The van der Waals surface area contributed by atoms with Crippen molar-refractivity contribution in [1.82, 2.24) is 4.98 Å². The molecule has 1 aromatic heterocycles. The molecule has 2 heterocycles. The Kier molecular flexibility index (Phi) is 4.28. The Hall–Kier alpha value is -2.77. The van der Waals surface area contributed by atoms with E-state index >= 15 is 0 Å². The molecule has 0 saturated carbocycles. The lowest BCUT2D eigenvalue weighted by molar-refractivity contribution is -0.137. The van der Waals surface area contributed by atoms with Crippen molar-refractivity contribution in [2.24, 2.45) is 5.10 Å². The molecule has 0 atom stereocenters. The average Bonchev–Trinajstić information content (AvgIpc) is 2.59. The van der Waals surface area contributed by atoms with Gasteiger partial charge in [-0.1, -0.05) is 0 Å². The van der Waals surface area contributed by atoms with E-state index in [1.165, 1.54) is 6.07 Å². The number of nitrogens with one attached hydrogen (secondary N) is 1. The topological polar surface area (TPSA) is 55.7 Å². The van der Waals surface area contributed by atoms with Crippen LogP contribution in [0.25, 0.3) is 0 Å². The van der Waals surface area contributed by atoms with Crippen molar-refractivity contribution in [2.45, 2.75) is 13.1 Å². The standard InChI is InChI=1S/C16H14F3N3O2/c1-10(11-2-4-13-14(8-11)24-7-6-23-13)21-22-15-5-3-12(9-20-15)16(17,18)19/h2-5,8-9H,6-7H2,1H3,(H,20,22)/b21-10-. The van der Waals surface area contributed by atoms with Crippen molar-refractivity contribution in [3.8, 4) is 11.5 Å². The number of benzene rings is 1. The normalized spacial score (nSPS) is 14.4. The van der Waals surface area contributed by atoms with Gasteiger partial charge < -0.3 is 9.47 Å². The molecule has 0 saturated heterocycles. The monoisotopic (exact) mass is 337 g/mol. The molecule has 0 fully saturated rings. The summed E-state index contributed by atoms with van der Waals surface area (Å²) >= 11 is 0. The maximum absolute atomic E-state index is 12.5. The van der Waals surface area contributed by atoms with Crippen LogP contribution in [-0.4, -0.2) is 23.9 Å². The van der Waals surface area contributed by atoms with Crippen LogP contribution in [0.15, 0.2) is 41.6 Å². The Balaban J connectivity index is 1.72. The fraction of sp³-hybridized carbons (Fsp3) is 0.250. The molecule has 1 aromatic carbocycles. The molecule has 0 radical (unpaired) electrons. The van der Waals surface area contributed by atoms with Gasteiger partial charge in [-0.3, -0.25) is 5.43 Å². The van der Waals surface area contributed by atoms with Gasteiger partial charge >= 0.3 is 6.18 Å². The van der Waals surface area contributed by atoms with Crippen LogP contribution < -0.4 is 14.9 Å². The molecule has 3 rings (SSSR count). The van der Waals surface area contributed by atoms with Crippen LogP contribution in [0.5, 0.6) is 11.5 Å². The van der Waals surface area contributed by atoms with E-state index in [0.29, 0.717) is 30.4 Å². The first-order valence-electron chi connectivity index (χ1n) is 7.17. The second kappa shape index (κ2) is 6.38. The molecular formula is C16H14F3N3O2. The summed E-state index contributed by atoms with van der Waals surface area (Å²) in [6, 6.07) is 7.59. The fourth-order valence-electron chi connectivity index (χ4n) is 2.10. The number of ether oxygens (including phenoxy) is 2. The van der Waals surface area contributed by atoms with Crippen LogP contribution in [0.1, 0.15) is 18.1 Å². The predicted molar refractivity (Wildman–Crippen MR) is 82.5 cm³/mol. The number of aromatic nitrogens is 1. The lowest BCUT2D eigenvalue weighted by Crippen LogP contribution is -2.15. The van der Waals surface area contributed by atoms with E-state index in [1.807, 2.05) is 6.07 Å². The van der Waals surface area contributed by atoms with Gasteiger partial charge in [0.25, 0.3) is 0 Å². The summed E-state index contributed by atoms with van der Waals surface area (Å²) in [4.78, 5) is 3.70. The van der Waals surface area contributed by atoms with Gasteiger partial charge in [0.1, 0.15) is 19.0 Å². The summed E-state index contributed by atoms with van der Waals surface area (Å²) in [7, 11) is 0. The third-order valence-corrected chi connectivity index (χ3v) is 3.39. The number of anilines is 1. The van der Waals surface area contributed by atoms with Gasteiger partial charge in [0, 0.05) is 11.8 Å². The number of pyridine rings is 1. The van der Waals surface area contributed by atoms with E-state index in [9.17, 15) is 13.2 Å². The molecular weight excluding hydrogens is 323 g/mol. The minimum atomic E-state index is -4.41. The SMILES string of the molecule is C/C(=N/Nc1ccc(C(F)(F)F)cn1)c1ccc2c(c1)OCCO2. The van der Waals surface area contributed by atoms with Crippen molar-refractivity contribution >= 4 is 11.5 Å². The van der Waals surface area contributed by atoms with Crippen LogP contribution in [0.3, 0.4) is 0 Å². The molecule has 8 heteroatoms. The number of fused-ring (bicyclic) bond motifs is 1. The first kappa shape index (κ1) is 16.1. The molecule has 0 aliphatic carbocycles. The van der Waals surface area contributed by atoms with E-state index in [-0.39, 0.29) is 5.82 Å². The maximum atomic E-state index is 12.5. The first-order chi connectivity index (χ1) is 11.4. The van der Waals surface area contributed by atoms with Crippen LogP contribution in [0.2, 0.25) is 0 Å². The third-order valence-electron chi connectivity index (χ3n) is 3.39. The Morgan fingerprint density at radius 1 is 1.12 bits per heavy atom. The summed E-state index contributed by atoms with van der Waals surface area (Å²) in [6.45, 7) is 2.77. The van der Waals surface area contributed by atoms with Crippen LogP contribution >= 0.6 is 0 Å². The molecule has 5 nitrogen and oxygen atoms in total. The van der Waals surface area contributed by atoms with Gasteiger partial charge in [-0.25, -0.2) is 4.98 Å². The molecule has 1 N–H and O–H groups in total. The molecule has 1 aliphatic heterocycles. The van der Waals surface area contributed by atoms with Crippen LogP contribution in [-0.2, 0) is 6.18 Å². The summed E-state index contributed by atoms with van der Waals surface area (Å²) in [5, 5.41) is 4.13. The quantitative estimate of drug-likeness (QED) is 0.685. The molecule has 0 unspecified atom stereocenters. The van der Waals surface area contributed by atoms with Gasteiger partial charge in [-0.15, -0.1) is 0 Å². The van der Waals surface area contributed by atoms with Crippen LogP contribution in [0.4, 0.5) is 19.0 Å². The number of hydrazone groups is 1. The molecule has 0 amide bonds. The molecule has 1 aliphatic rings. The number of nitrogens with zero attached hydrogens (tertiary/aromatic N) is 2. The zero-order valence-corrected chi connectivity index (χ0v) is 12.7. The third kappa shape index (κ3) is 3.58. The Morgan fingerprint density at radius 3 is 2.54 bits per heavy atom. The van der Waals surface area contributed by atoms with Gasteiger partial charge in [0.05, 0.1) is 11.3 Å². The number of alkyl halides is 3. The summed E-state index contributed by atoms with van der Waals surface area (Å²) in [5.74, 6) is 1.54. The highest BCUT2D eigenvalue weighted by molar-refractivity contribution is 5.99. The zero-order valence-electron chi connectivity index (χ0n) is 12.7. The molecule has 24 heavy (non-hydrogen) atoms. The number of hydrogen-bond donors (Lipinski definition) is 1. The van der Waals surface area contributed by atoms with E-state index in [1.54, 1.807) is 19.1 Å². The van der Waals surface area contributed by atoms with E-state index in [4.69, 9.17) is 9.47 Å². The second-order valence-electron chi connectivity index (χ2n) is 5.10. The lowest BCUT2D eigenvalue weighted by Gasteiger charge is -2.18. The fourth-order valence-corrected chi connectivity index (χ4v) is 2.10. The molecule has 0 spiro atoms. The molecule has 0 bridgehead atoms. The second-order valence-corrected chi connectivity index (χ2v) is 5.10. The highest BCUT2D eigenvalue weighted by atomic mass is 19.4. The molecule has 2 aromatic rings. The number of hydrogen-bond acceptors (Lipinski definition) is 5. The smallest absolute Gasteiger partial charge is 0.417 e. The highest BCUT2D eigenvalue weighted by Gasteiger charge is 2.30. The van der Waals surface area contributed by atoms with Crippen molar-refractivity contribution in [2.75, 3.05) is 18.6 Å².